The van der Waals surface area contributed by atoms with Gasteiger partial charge in [0.2, 0.25) is 5.91 Å². The van der Waals surface area contributed by atoms with Crippen LogP contribution in [0.15, 0.2) is 6.20 Å². The number of rotatable bonds is 1. The third-order valence-corrected chi connectivity index (χ3v) is 2.56. The van der Waals surface area contributed by atoms with Gasteiger partial charge in [0.25, 0.3) is 0 Å². The lowest BCUT2D eigenvalue weighted by Crippen LogP contribution is -2.22. The number of carbonyl (C=O) groups excluding carboxylic acids is 1. The van der Waals surface area contributed by atoms with Crippen LogP contribution in [0.4, 0.5) is 13.2 Å². The molecule has 0 radical (unpaired) electrons. The largest absolute Gasteiger partial charge is 0.434 e. The smallest absolute Gasteiger partial charge is 0.354 e. The summed E-state index contributed by atoms with van der Waals surface area (Å²) in [5, 5.41) is 2.57. The van der Waals surface area contributed by atoms with E-state index in [1.165, 1.54) is 11.5 Å². The number of hydrogen-bond acceptors (Lipinski definition) is 2. The molecule has 88 valence electrons. The number of aryl methyl sites for hydroxylation is 1. The maximum atomic E-state index is 12.4. The Kier molecular flexibility index (Phi) is 2.40. The zero-order chi connectivity index (χ0) is 11.9. The lowest BCUT2D eigenvalue weighted by atomic mass is 10.2. The summed E-state index contributed by atoms with van der Waals surface area (Å²) in [6.07, 6.45) is -3.08. The Morgan fingerprint density at radius 2 is 2.25 bits per heavy atom. The third kappa shape index (κ3) is 1.77. The van der Waals surface area contributed by atoms with Crippen molar-refractivity contribution in [3.05, 3.63) is 17.7 Å². The van der Waals surface area contributed by atoms with Gasteiger partial charge in [-0.15, -0.1) is 0 Å². The van der Waals surface area contributed by atoms with Crippen LogP contribution in [0.2, 0.25) is 0 Å². The monoisotopic (exact) mass is 233 g/mol. The highest BCUT2D eigenvalue weighted by Crippen LogP contribution is 2.30. The van der Waals surface area contributed by atoms with E-state index >= 15 is 0 Å². The molecule has 1 aliphatic rings. The predicted molar refractivity (Wildman–Crippen MR) is 48.6 cm³/mol. The van der Waals surface area contributed by atoms with Gasteiger partial charge >= 0.3 is 6.18 Å². The van der Waals surface area contributed by atoms with E-state index < -0.39 is 17.9 Å². The van der Waals surface area contributed by atoms with Crippen LogP contribution in [0.3, 0.4) is 0 Å². The first kappa shape index (κ1) is 11.0. The molecule has 16 heavy (non-hydrogen) atoms. The molecule has 2 heterocycles. The Bertz CT molecular complexity index is 424. The van der Waals surface area contributed by atoms with Gasteiger partial charge < -0.3 is 9.88 Å². The van der Waals surface area contributed by atoms with E-state index in [1.807, 2.05) is 0 Å². The summed E-state index contributed by atoms with van der Waals surface area (Å²) in [6, 6.07) is -0.566. The van der Waals surface area contributed by atoms with E-state index in [0.29, 0.717) is 13.0 Å². The number of nitrogens with one attached hydrogen (secondary N) is 1. The van der Waals surface area contributed by atoms with Crippen LogP contribution < -0.4 is 5.32 Å². The molecule has 1 aromatic heterocycles. The number of carbonyl (C=O) groups is 1. The van der Waals surface area contributed by atoms with Gasteiger partial charge in [-0.3, -0.25) is 4.79 Å². The lowest BCUT2D eigenvalue weighted by Gasteiger charge is -2.09. The average Bonchev–Trinajstić information content (AvgIpc) is 2.70. The van der Waals surface area contributed by atoms with Gasteiger partial charge in [0.1, 0.15) is 11.9 Å². The Morgan fingerprint density at radius 3 is 2.69 bits per heavy atom. The fraction of sp³-hybridized carbons (Fsp3) is 0.556. The first-order valence-electron chi connectivity index (χ1n) is 4.80. The molecule has 1 unspecified atom stereocenters. The van der Waals surface area contributed by atoms with Crippen molar-refractivity contribution in [2.75, 3.05) is 6.54 Å². The number of alkyl halides is 3. The number of hydrogen-bond donors (Lipinski definition) is 1. The quantitative estimate of drug-likeness (QED) is 0.794. The summed E-state index contributed by atoms with van der Waals surface area (Å²) in [7, 11) is 0. The van der Waals surface area contributed by atoms with E-state index in [2.05, 4.69) is 10.3 Å². The van der Waals surface area contributed by atoms with Crippen molar-refractivity contribution in [2.45, 2.75) is 25.6 Å². The van der Waals surface area contributed by atoms with Gasteiger partial charge in [0, 0.05) is 12.7 Å². The summed E-state index contributed by atoms with van der Waals surface area (Å²) in [5.74, 6) is -0.0522. The zero-order valence-corrected chi connectivity index (χ0v) is 8.51. The first-order chi connectivity index (χ1) is 7.39. The van der Waals surface area contributed by atoms with Crippen LogP contribution in [0.1, 0.15) is 24.0 Å². The minimum Gasteiger partial charge on any atom is -0.354 e. The van der Waals surface area contributed by atoms with Crippen LogP contribution in [0.5, 0.6) is 0 Å². The standard InChI is InChI=1S/C9H10F3N3O/c1-5-14-7(9(10,11)12)4-15(5)6-2-3-13-8(6)16/h4,6H,2-3H2,1H3,(H,13,16). The fourth-order valence-electron chi connectivity index (χ4n) is 1.78. The molecule has 1 N–H and O–H groups in total. The van der Waals surface area contributed by atoms with Crippen LogP contribution in [0.25, 0.3) is 0 Å². The Balaban J connectivity index is 2.35. The van der Waals surface area contributed by atoms with Crippen LogP contribution in [0, 0.1) is 6.92 Å². The minimum atomic E-state index is -4.47. The summed E-state index contributed by atoms with van der Waals surface area (Å²) < 4.78 is 38.4. The highest BCUT2D eigenvalue weighted by atomic mass is 19.4. The number of nitrogens with zero attached hydrogens (tertiary/aromatic N) is 2. The molecule has 1 amide bonds. The van der Waals surface area contributed by atoms with Crippen molar-refractivity contribution >= 4 is 5.91 Å². The second-order valence-electron chi connectivity index (χ2n) is 3.67. The number of amides is 1. The van der Waals surface area contributed by atoms with Crippen LogP contribution >= 0.6 is 0 Å². The van der Waals surface area contributed by atoms with Crippen molar-refractivity contribution in [3.8, 4) is 0 Å². The Morgan fingerprint density at radius 1 is 1.56 bits per heavy atom. The highest BCUT2D eigenvalue weighted by molar-refractivity contribution is 5.82. The zero-order valence-electron chi connectivity index (χ0n) is 8.51. The molecule has 0 aliphatic carbocycles. The van der Waals surface area contributed by atoms with Gasteiger partial charge in [-0.2, -0.15) is 13.2 Å². The van der Waals surface area contributed by atoms with Crippen molar-refractivity contribution in [1.29, 1.82) is 0 Å². The molecule has 0 spiro atoms. The average molecular weight is 233 g/mol. The van der Waals surface area contributed by atoms with Crippen LogP contribution in [-0.4, -0.2) is 22.0 Å². The summed E-state index contributed by atoms with van der Waals surface area (Å²) >= 11 is 0. The molecule has 1 aliphatic heterocycles. The maximum absolute atomic E-state index is 12.4. The molecular formula is C9H10F3N3O. The molecule has 1 saturated heterocycles. The minimum absolute atomic E-state index is 0.203. The molecule has 1 fully saturated rings. The molecule has 0 aromatic carbocycles. The SMILES string of the molecule is Cc1nc(C(F)(F)F)cn1C1CCNC1=O. The number of imidazole rings is 1. The molecular weight excluding hydrogens is 223 g/mol. The number of aromatic nitrogens is 2. The molecule has 7 heteroatoms. The van der Waals surface area contributed by atoms with Crippen molar-refractivity contribution in [1.82, 2.24) is 14.9 Å². The molecule has 1 atom stereocenters. The van der Waals surface area contributed by atoms with E-state index in [-0.39, 0.29) is 11.7 Å². The van der Waals surface area contributed by atoms with Gasteiger partial charge in [0.15, 0.2) is 5.69 Å². The normalized spacial score (nSPS) is 21.2. The van der Waals surface area contributed by atoms with E-state index in [9.17, 15) is 18.0 Å². The summed E-state index contributed by atoms with van der Waals surface area (Å²) in [5.41, 5.74) is -0.954. The molecule has 4 nitrogen and oxygen atoms in total. The molecule has 0 bridgehead atoms. The van der Waals surface area contributed by atoms with Gasteiger partial charge in [-0.05, 0) is 13.3 Å². The predicted octanol–water partition coefficient (Wildman–Crippen LogP) is 1.27. The topological polar surface area (TPSA) is 46.9 Å². The Labute approximate surface area is 89.5 Å². The molecule has 2 rings (SSSR count). The summed E-state index contributed by atoms with van der Waals surface area (Å²) in [4.78, 5) is 14.8. The first-order valence-corrected chi connectivity index (χ1v) is 4.80. The third-order valence-electron chi connectivity index (χ3n) is 2.56. The van der Waals surface area contributed by atoms with Gasteiger partial charge in [-0.1, -0.05) is 0 Å². The molecule has 1 aromatic rings. The maximum Gasteiger partial charge on any atom is 0.434 e. The molecule has 0 saturated carbocycles. The van der Waals surface area contributed by atoms with Gasteiger partial charge in [0.05, 0.1) is 0 Å². The fourth-order valence-corrected chi connectivity index (χ4v) is 1.78. The van der Waals surface area contributed by atoms with Crippen molar-refractivity contribution < 1.29 is 18.0 Å². The van der Waals surface area contributed by atoms with E-state index in [1.54, 1.807) is 0 Å². The van der Waals surface area contributed by atoms with Gasteiger partial charge in [-0.25, -0.2) is 4.98 Å². The van der Waals surface area contributed by atoms with E-state index in [0.717, 1.165) is 6.20 Å². The van der Waals surface area contributed by atoms with E-state index in [4.69, 9.17) is 0 Å². The van der Waals surface area contributed by atoms with Crippen molar-refractivity contribution in [2.24, 2.45) is 0 Å². The Hall–Kier alpha value is -1.53. The summed E-state index contributed by atoms with van der Waals surface area (Å²) in [6.45, 7) is 1.95. The lowest BCUT2D eigenvalue weighted by molar-refractivity contribution is -0.141. The second-order valence-corrected chi connectivity index (χ2v) is 3.67. The number of halogens is 3. The van der Waals surface area contributed by atoms with Crippen molar-refractivity contribution in [3.63, 3.8) is 0 Å². The second kappa shape index (κ2) is 3.50. The van der Waals surface area contributed by atoms with Crippen LogP contribution in [-0.2, 0) is 11.0 Å². The highest BCUT2D eigenvalue weighted by Gasteiger charge is 2.36.